The maximum absolute atomic E-state index is 11.0. The summed E-state index contributed by atoms with van der Waals surface area (Å²) >= 11 is 0. The molecule has 0 saturated heterocycles. The molecule has 18 heavy (non-hydrogen) atoms. The molecular weight excluding hydrogens is 263 g/mol. The van der Waals surface area contributed by atoms with Gasteiger partial charge in [-0.05, 0) is 26.2 Å². The molecule has 0 aliphatic heterocycles. The third-order valence-corrected chi connectivity index (χ3v) is 4.23. The van der Waals surface area contributed by atoms with Gasteiger partial charge in [0.05, 0.1) is 16.2 Å². The molecule has 0 rings (SSSR count). The number of rotatable bonds is 10. The van der Waals surface area contributed by atoms with Crippen molar-refractivity contribution in [1.82, 2.24) is 0 Å². The van der Waals surface area contributed by atoms with Gasteiger partial charge in [-0.2, -0.15) is 0 Å². The Kier molecular flexibility index (Phi) is 13.7. The summed E-state index contributed by atoms with van der Waals surface area (Å²) in [4.78, 5) is 0. The van der Waals surface area contributed by atoms with Crippen molar-refractivity contribution < 1.29 is 47.6 Å². The summed E-state index contributed by atoms with van der Waals surface area (Å²) in [5.74, 6) is 0. The fourth-order valence-electron chi connectivity index (χ4n) is 1.84. The normalized spacial score (nSPS) is 14.9. The average Bonchev–Trinajstić information content (AvgIpc) is 2.19. The minimum atomic E-state index is -4.21. The van der Waals surface area contributed by atoms with Crippen LogP contribution in [0.4, 0.5) is 0 Å². The van der Waals surface area contributed by atoms with Gasteiger partial charge < -0.3 is 9.66 Å². The molecule has 0 spiro atoms. The summed E-state index contributed by atoms with van der Waals surface area (Å²) in [6.45, 7) is 3.73. The smallest absolute Gasteiger partial charge is 0.748 e. The summed E-state index contributed by atoms with van der Waals surface area (Å²) in [5.41, 5.74) is 0. The van der Waals surface area contributed by atoms with Crippen LogP contribution in [0.3, 0.4) is 0 Å². The zero-order valence-corrected chi connectivity index (χ0v) is 14.7. The Hall–Kier alpha value is 0.870. The SMILES string of the molecule is CCCCCCCC(CCC(C)O)S(=O)(=O)[O-].[Na+]. The predicted molar refractivity (Wildman–Crippen MR) is 67.8 cm³/mol. The van der Waals surface area contributed by atoms with Crippen LogP contribution in [-0.4, -0.2) is 29.4 Å². The first-order valence-corrected chi connectivity index (χ1v) is 7.97. The molecule has 0 aromatic rings. The average molecular weight is 288 g/mol. The number of hydrogen-bond donors (Lipinski definition) is 1. The standard InChI is InChI=1S/C12H26O4S.Na/c1-3-4-5-6-7-8-12(17(14,15)16)10-9-11(2)13;/h11-13H,3-10H2,1-2H3,(H,14,15,16);/q;+1/p-1. The Labute approximate surface area is 134 Å². The van der Waals surface area contributed by atoms with E-state index in [4.69, 9.17) is 5.11 Å². The van der Waals surface area contributed by atoms with Crippen LogP contribution in [0.25, 0.3) is 0 Å². The molecule has 0 aromatic heterocycles. The van der Waals surface area contributed by atoms with Crippen molar-refractivity contribution in [2.24, 2.45) is 0 Å². The van der Waals surface area contributed by atoms with E-state index < -0.39 is 21.5 Å². The molecule has 6 heteroatoms. The minimum Gasteiger partial charge on any atom is -0.748 e. The van der Waals surface area contributed by atoms with Gasteiger partial charge in [0.15, 0.2) is 0 Å². The van der Waals surface area contributed by atoms with E-state index in [0.29, 0.717) is 12.8 Å². The first-order valence-electron chi connectivity index (χ1n) is 6.50. The molecular formula is C12H25NaO4S. The molecule has 0 saturated carbocycles. The molecule has 0 heterocycles. The van der Waals surface area contributed by atoms with Gasteiger partial charge in [-0.25, -0.2) is 8.42 Å². The van der Waals surface area contributed by atoms with Crippen LogP contribution < -0.4 is 29.6 Å². The van der Waals surface area contributed by atoms with Crippen molar-refractivity contribution in [3.8, 4) is 0 Å². The van der Waals surface area contributed by atoms with Crippen LogP contribution in [0, 0.1) is 0 Å². The summed E-state index contributed by atoms with van der Waals surface area (Å²) in [6, 6.07) is 0. The Morgan fingerprint density at radius 1 is 1.06 bits per heavy atom. The van der Waals surface area contributed by atoms with Crippen molar-refractivity contribution in [3.05, 3.63) is 0 Å². The Morgan fingerprint density at radius 2 is 1.61 bits per heavy atom. The van der Waals surface area contributed by atoms with Crippen LogP contribution in [0.1, 0.15) is 65.2 Å². The molecule has 0 bridgehead atoms. The Balaban J connectivity index is 0. The monoisotopic (exact) mass is 288 g/mol. The van der Waals surface area contributed by atoms with E-state index in [2.05, 4.69) is 6.92 Å². The molecule has 104 valence electrons. The van der Waals surface area contributed by atoms with Gasteiger partial charge in [0.1, 0.15) is 0 Å². The quantitative estimate of drug-likeness (QED) is 0.332. The van der Waals surface area contributed by atoms with Crippen LogP contribution in [0.5, 0.6) is 0 Å². The third-order valence-electron chi connectivity index (χ3n) is 2.94. The van der Waals surface area contributed by atoms with Gasteiger partial charge in [-0.15, -0.1) is 0 Å². The van der Waals surface area contributed by atoms with Crippen molar-refractivity contribution in [1.29, 1.82) is 0 Å². The van der Waals surface area contributed by atoms with E-state index in [-0.39, 0.29) is 36.0 Å². The Morgan fingerprint density at radius 3 is 2.06 bits per heavy atom. The van der Waals surface area contributed by atoms with E-state index in [1.807, 2.05) is 0 Å². The van der Waals surface area contributed by atoms with Crippen molar-refractivity contribution in [2.45, 2.75) is 76.6 Å². The van der Waals surface area contributed by atoms with Crippen molar-refractivity contribution >= 4 is 10.1 Å². The van der Waals surface area contributed by atoms with Crippen LogP contribution in [0.2, 0.25) is 0 Å². The molecule has 0 aliphatic carbocycles. The molecule has 0 aromatic carbocycles. The van der Waals surface area contributed by atoms with Crippen LogP contribution in [0.15, 0.2) is 0 Å². The second-order valence-electron chi connectivity index (χ2n) is 4.74. The molecule has 0 fully saturated rings. The molecule has 0 radical (unpaired) electrons. The van der Waals surface area contributed by atoms with E-state index >= 15 is 0 Å². The predicted octanol–water partition coefficient (Wildman–Crippen LogP) is -0.574. The van der Waals surface area contributed by atoms with Gasteiger partial charge >= 0.3 is 29.6 Å². The van der Waals surface area contributed by atoms with E-state index in [1.54, 1.807) is 6.92 Å². The van der Waals surface area contributed by atoms with E-state index in [0.717, 1.165) is 32.1 Å². The maximum atomic E-state index is 11.0. The summed E-state index contributed by atoms with van der Waals surface area (Å²) in [6.07, 6.45) is 5.70. The van der Waals surface area contributed by atoms with Crippen LogP contribution in [-0.2, 0) is 10.1 Å². The molecule has 0 aliphatic rings. The Bertz CT molecular complexity index is 278. The van der Waals surface area contributed by atoms with Gasteiger partial charge in [-0.1, -0.05) is 39.0 Å². The summed E-state index contributed by atoms with van der Waals surface area (Å²) < 4.78 is 33.1. The second-order valence-corrected chi connectivity index (χ2v) is 6.40. The summed E-state index contributed by atoms with van der Waals surface area (Å²) in [7, 11) is -4.21. The van der Waals surface area contributed by atoms with Crippen molar-refractivity contribution in [2.75, 3.05) is 0 Å². The first-order chi connectivity index (χ1) is 7.88. The van der Waals surface area contributed by atoms with Gasteiger partial charge in [0, 0.05) is 5.25 Å². The number of hydrogen-bond acceptors (Lipinski definition) is 4. The number of aliphatic hydroxyl groups is 1. The summed E-state index contributed by atoms with van der Waals surface area (Å²) in [5, 5.41) is 8.29. The molecule has 2 unspecified atom stereocenters. The third kappa shape index (κ3) is 11.9. The van der Waals surface area contributed by atoms with Gasteiger partial charge in [0.25, 0.3) is 0 Å². The number of unbranched alkanes of at least 4 members (excludes halogenated alkanes) is 4. The zero-order chi connectivity index (χ0) is 13.3. The van der Waals surface area contributed by atoms with E-state index in [9.17, 15) is 13.0 Å². The first kappa shape index (κ1) is 21.2. The van der Waals surface area contributed by atoms with E-state index in [1.165, 1.54) is 0 Å². The van der Waals surface area contributed by atoms with Crippen LogP contribution >= 0.6 is 0 Å². The molecule has 0 amide bonds. The maximum Gasteiger partial charge on any atom is 1.00 e. The fourth-order valence-corrected chi connectivity index (χ4v) is 2.72. The number of aliphatic hydroxyl groups excluding tert-OH is 1. The topological polar surface area (TPSA) is 77.4 Å². The van der Waals surface area contributed by atoms with Crippen molar-refractivity contribution in [3.63, 3.8) is 0 Å². The zero-order valence-electron chi connectivity index (χ0n) is 11.9. The van der Waals surface area contributed by atoms with Gasteiger partial charge in [0.2, 0.25) is 0 Å². The van der Waals surface area contributed by atoms with Gasteiger partial charge in [-0.3, -0.25) is 0 Å². The molecule has 2 atom stereocenters. The minimum absolute atomic E-state index is 0. The fraction of sp³-hybridized carbons (Fsp3) is 1.00. The molecule has 4 nitrogen and oxygen atoms in total. The largest absolute Gasteiger partial charge is 1.00 e. The second kappa shape index (κ2) is 11.7. The molecule has 1 N–H and O–H groups in total.